The molecule has 23 heavy (non-hydrogen) atoms. The summed E-state index contributed by atoms with van der Waals surface area (Å²) in [7, 11) is 1.55. The maximum atomic E-state index is 11.9. The fourth-order valence-corrected chi connectivity index (χ4v) is 2.24. The van der Waals surface area contributed by atoms with Crippen LogP contribution in [-0.2, 0) is 4.79 Å². The molecule has 0 aliphatic heterocycles. The zero-order valence-corrected chi connectivity index (χ0v) is 14.0. The van der Waals surface area contributed by atoms with Gasteiger partial charge in [0.05, 0.1) is 19.3 Å². The summed E-state index contributed by atoms with van der Waals surface area (Å²) in [6, 6.07) is 14.1. The summed E-state index contributed by atoms with van der Waals surface area (Å²) in [5.41, 5.74) is 5.85. The van der Waals surface area contributed by atoms with Gasteiger partial charge in [-0.15, -0.1) is 0 Å². The highest BCUT2D eigenvalue weighted by Crippen LogP contribution is 2.22. The van der Waals surface area contributed by atoms with Crippen LogP contribution < -0.4 is 20.9 Å². The van der Waals surface area contributed by atoms with Crippen molar-refractivity contribution in [1.82, 2.24) is 10.9 Å². The summed E-state index contributed by atoms with van der Waals surface area (Å²) in [6.45, 7) is -0.000856. The standard InChI is InChI=1S/C16H16BrN3O3/c1-23-14-8-3-2-7-13(14)18-10-15(21)19-20-16(22)11-5-4-6-12(17)9-11/h2-9,18H,10H2,1H3,(H,19,21)(H,20,22). The molecule has 0 fully saturated rings. The number of methoxy groups -OCH3 is 1. The van der Waals surface area contributed by atoms with Crippen molar-refractivity contribution in [2.24, 2.45) is 0 Å². The third-order valence-electron chi connectivity index (χ3n) is 2.95. The first-order chi connectivity index (χ1) is 11.1. The Bertz CT molecular complexity index is 706. The number of para-hydroxylation sites is 2. The summed E-state index contributed by atoms with van der Waals surface area (Å²) in [6.07, 6.45) is 0. The van der Waals surface area contributed by atoms with E-state index in [1.807, 2.05) is 18.2 Å². The van der Waals surface area contributed by atoms with Crippen molar-refractivity contribution in [3.8, 4) is 5.75 Å². The number of rotatable bonds is 5. The molecule has 2 amide bonds. The monoisotopic (exact) mass is 377 g/mol. The molecule has 6 nitrogen and oxygen atoms in total. The Morgan fingerprint density at radius 1 is 1.09 bits per heavy atom. The molecule has 0 aromatic heterocycles. The van der Waals surface area contributed by atoms with Gasteiger partial charge in [-0.25, -0.2) is 0 Å². The number of hydrazine groups is 1. The van der Waals surface area contributed by atoms with Crippen LogP contribution in [0.25, 0.3) is 0 Å². The van der Waals surface area contributed by atoms with Crippen LogP contribution in [0.2, 0.25) is 0 Å². The van der Waals surface area contributed by atoms with Gasteiger partial charge in [0.15, 0.2) is 0 Å². The predicted molar refractivity (Wildman–Crippen MR) is 91.2 cm³/mol. The first kappa shape index (κ1) is 16.8. The van der Waals surface area contributed by atoms with E-state index in [1.54, 1.807) is 37.4 Å². The van der Waals surface area contributed by atoms with Crippen molar-refractivity contribution in [2.45, 2.75) is 0 Å². The smallest absolute Gasteiger partial charge is 0.269 e. The Balaban J connectivity index is 1.82. The number of benzene rings is 2. The largest absolute Gasteiger partial charge is 0.495 e. The number of carbonyl (C=O) groups excluding carboxylic acids is 2. The van der Waals surface area contributed by atoms with Crippen LogP contribution in [0.1, 0.15) is 10.4 Å². The molecule has 0 heterocycles. The van der Waals surface area contributed by atoms with Crippen LogP contribution in [-0.4, -0.2) is 25.5 Å². The molecule has 0 spiro atoms. The van der Waals surface area contributed by atoms with Crippen molar-refractivity contribution >= 4 is 33.4 Å². The molecule has 0 unspecified atom stereocenters. The fraction of sp³-hybridized carbons (Fsp3) is 0.125. The SMILES string of the molecule is COc1ccccc1NCC(=O)NNC(=O)c1cccc(Br)c1. The minimum atomic E-state index is -0.392. The first-order valence-electron chi connectivity index (χ1n) is 6.82. The molecule has 120 valence electrons. The van der Waals surface area contributed by atoms with Gasteiger partial charge in [0.2, 0.25) is 0 Å². The number of halogens is 1. The molecule has 3 N–H and O–H groups in total. The molecule has 2 rings (SSSR count). The van der Waals surface area contributed by atoms with Gasteiger partial charge in [0.1, 0.15) is 5.75 Å². The molecule has 0 radical (unpaired) electrons. The third-order valence-corrected chi connectivity index (χ3v) is 3.44. The number of carbonyl (C=O) groups is 2. The lowest BCUT2D eigenvalue weighted by Crippen LogP contribution is -2.44. The van der Waals surface area contributed by atoms with Gasteiger partial charge in [-0.05, 0) is 30.3 Å². The molecular weight excluding hydrogens is 362 g/mol. The second-order valence-electron chi connectivity index (χ2n) is 4.57. The summed E-state index contributed by atoms with van der Waals surface area (Å²) < 4.78 is 5.96. The predicted octanol–water partition coefficient (Wildman–Crippen LogP) is 2.33. The number of ether oxygens (including phenoxy) is 1. The van der Waals surface area contributed by atoms with E-state index in [-0.39, 0.29) is 12.5 Å². The molecule has 0 aliphatic rings. The average molecular weight is 378 g/mol. The minimum Gasteiger partial charge on any atom is -0.495 e. The number of hydrogen-bond donors (Lipinski definition) is 3. The van der Waals surface area contributed by atoms with E-state index in [0.717, 1.165) is 4.47 Å². The lowest BCUT2D eigenvalue weighted by Gasteiger charge is -2.11. The fourth-order valence-electron chi connectivity index (χ4n) is 1.84. The molecule has 0 saturated heterocycles. The van der Waals surface area contributed by atoms with Gasteiger partial charge >= 0.3 is 0 Å². The van der Waals surface area contributed by atoms with E-state index < -0.39 is 5.91 Å². The topological polar surface area (TPSA) is 79.5 Å². The van der Waals surface area contributed by atoms with Crippen molar-refractivity contribution in [1.29, 1.82) is 0 Å². The zero-order valence-electron chi connectivity index (χ0n) is 12.4. The Labute approximate surface area is 142 Å². The Kier molecular flexibility index (Phi) is 5.99. The maximum Gasteiger partial charge on any atom is 0.269 e. The number of hydrogen-bond acceptors (Lipinski definition) is 4. The lowest BCUT2D eigenvalue weighted by molar-refractivity contribution is -0.120. The van der Waals surface area contributed by atoms with Gasteiger partial charge in [-0.2, -0.15) is 0 Å². The van der Waals surface area contributed by atoms with Gasteiger partial charge < -0.3 is 10.1 Å². The van der Waals surface area contributed by atoms with Crippen LogP contribution in [0.15, 0.2) is 53.0 Å². The van der Waals surface area contributed by atoms with Crippen LogP contribution in [0.3, 0.4) is 0 Å². The van der Waals surface area contributed by atoms with Crippen molar-refractivity contribution in [2.75, 3.05) is 19.0 Å². The molecule has 0 atom stereocenters. The molecule has 0 saturated carbocycles. The lowest BCUT2D eigenvalue weighted by atomic mass is 10.2. The summed E-state index contributed by atoms with van der Waals surface area (Å²) in [5, 5.41) is 2.94. The van der Waals surface area contributed by atoms with Crippen LogP contribution in [0.5, 0.6) is 5.75 Å². The zero-order chi connectivity index (χ0) is 16.7. The number of amides is 2. The van der Waals surface area contributed by atoms with Crippen molar-refractivity contribution < 1.29 is 14.3 Å². The highest BCUT2D eigenvalue weighted by Gasteiger charge is 2.08. The van der Waals surface area contributed by atoms with E-state index >= 15 is 0 Å². The van der Waals surface area contributed by atoms with Crippen molar-refractivity contribution in [3.05, 3.63) is 58.6 Å². The highest BCUT2D eigenvalue weighted by molar-refractivity contribution is 9.10. The summed E-state index contributed by atoms with van der Waals surface area (Å²) >= 11 is 3.29. The maximum absolute atomic E-state index is 11.9. The Morgan fingerprint density at radius 2 is 1.87 bits per heavy atom. The molecular formula is C16H16BrN3O3. The second-order valence-corrected chi connectivity index (χ2v) is 5.48. The van der Waals surface area contributed by atoms with Crippen LogP contribution in [0, 0.1) is 0 Å². The van der Waals surface area contributed by atoms with Gasteiger partial charge in [-0.1, -0.05) is 34.1 Å². The minimum absolute atomic E-state index is 0.000856. The van der Waals surface area contributed by atoms with E-state index in [9.17, 15) is 9.59 Å². The quantitative estimate of drug-likeness (QED) is 0.698. The number of nitrogens with one attached hydrogen (secondary N) is 3. The van der Waals surface area contributed by atoms with Crippen LogP contribution >= 0.6 is 15.9 Å². The van der Waals surface area contributed by atoms with Gasteiger partial charge in [-0.3, -0.25) is 20.4 Å². The molecule has 7 heteroatoms. The third kappa shape index (κ3) is 5.00. The van der Waals surface area contributed by atoms with Gasteiger partial charge in [0.25, 0.3) is 11.8 Å². The average Bonchev–Trinajstić information content (AvgIpc) is 2.58. The molecule has 2 aromatic rings. The van der Waals surface area contributed by atoms with E-state index in [2.05, 4.69) is 32.1 Å². The summed E-state index contributed by atoms with van der Waals surface area (Å²) in [5.74, 6) is -0.130. The normalized spacial score (nSPS) is 9.83. The molecule has 2 aromatic carbocycles. The number of anilines is 1. The highest BCUT2D eigenvalue weighted by atomic mass is 79.9. The summed E-state index contributed by atoms with van der Waals surface area (Å²) in [4.78, 5) is 23.7. The first-order valence-corrected chi connectivity index (χ1v) is 7.61. The molecule has 0 bridgehead atoms. The van der Waals surface area contributed by atoms with E-state index in [0.29, 0.717) is 17.0 Å². The Morgan fingerprint density at radius 3 is 2.61 bits per heavy atom. The Hall–Kier alpha value is -2.54. The van der Waals surface area contributed by atoms with E-state index in [4.69, 9.17) is 4.74 Å². The van der Waals surface area contributed by atoms with Gasteiger partial charge in [0, 0.05) is 10.0 Å². The van der Waals surface area contributed by atoms with Crippen molar-refractivity contribution in [3.63, 3.8) is 0 Å². The second kappa shape index (κ2) is 8.19. The van der Waals surface area contributed by atoms with Crippen LogP contribution in [0.4, 0.5) is 5.69 Å². The molecule has 0 aliphatic carbocycles. The van der Waals surface area contributed by atoms with E-state index in [1.165, 1.54) is 0 Å².